The lowest BCUT2D eigenvalue weighted by molar-refractivity contribution is 0.113. The van der Waals surface area contributed by atoms with Crippen molar-refractivity contribution in [3.63, 3.8) is 0 Å². The number of aliphatic hydroxyl groups excluding tert-OH is 2. The molecule has 88 valence electrons. The van der Waals surface area contributed by atoms with E-state index in [2.05, 4.69) is 20.8 Å². The van der Waals surface area contributed by atoms with Crippen molar-refractivity contribution in [3.05, 3.63) is 34.3 Å². The van der Waals surface area contributed by atoms with Gasteiger partial charge in [0, 0.05) is 24.1 Å². The largest absolute Gasteiger partial charge is 0.392 e. The second-order valence-corrected chi connectivity index (χ2v) is 5.19. The molecule has 1 aromatic carbocycles. The molecule has 0 bridgehead atoms. The van der Waals surface area contributed by atoms with Crippen LogP contribution in [-0.2, 0) is 0 Å². The molecule has 0 radical (unpaired) electrons. The zero-order valence-corrected chi connectivity index (χ0v) is 10.6. The predicted molar refractivity (Wildman–Crippen MR) is 66.2 cm³/mol. The second kappa shape index (κ2) is 5.27. The fourth-order valence-electron chi connectivity index (χ4n) is 2.01. The summed E-state index contributed by atoms with van der Waals surface area (Å²) in [5, 5.41) is 19.4. The maximum absolute atomic E-state index is 10.0. The van der Waals surface area contributed by atoms with Gasteiger partial charge in [0.15, 0.2) is 0 Å². The molecule has 1 heterocycles. The van der Waals surface area contributed by atoms with Gasteiger partial charge >= 0.3 is 0 Å². The number of β-amino-alcohol motifs (C(OH)–C–C–N with tert-alkyl or cyclic N) is 2. The Morgan fingerprint density at radius 3 is 2.62 bits per heavy atom. The summed E-state index contributed by atoms with van der Waals surface area (Å²) in [5.74, 6) is 0. The van der Waals surface area contributed by atoms with Crippen LogP contribution in [0.2, 0.25) is 0 Å². The second-order valence-electron chi connectivity index (χ2n) is 4.27. The summed E-state index contributed by atoms with van der Waals surface area (Å²) in [4.78, 5) is 2.09. The van der Waals surface area contributed by atoms with Crippen molar-refractivity contribution in [2.75, 3.05) is 19.6 Å². The number of rotatable bonds is 3. The summed E-state index contributed by atoms with van der Waals surface area (Å²) in [6, 6.07) is 7.69. The van der Waals surface area contributed by atoms with Crippen LogP contribution in [0.3, 0.4) is 0 Å². The van der Waals surface area contributed by atoms with Crippen molar-refractivity contribution in [1.29, 1.82) is 0 Å². The van der Waals surface area contributed by atoms with E-state index in [0.717, 1.165) is 23.0 Å². The van der Waals surface area contributed by atoms with E-state index in [1.165, 1.54) is 0 Å². The summed E-state index contributed by atoms with van der Waals surface area (Å²) < 4.78 is 1.01. The van der Waals surface area contributed by atoms with E-state index in [0.29, 0.717) is 13.1 Å². The number of hydrogen-bond donors (Lipinski definition) is 2. The van der Waals surface area contributed by atoms with Gasteiger partial charge < -0.3 is 10.2 Å². The van der Waals surface area contributed by atoms with Crippen LogP contribution in [0.1, 0.15) is 18.1 Å². The lowest BCUT2D eigenvalue weighted by atomic mass is 10.1. The Labute approximate surface area is 104 Å². The van der Waals surface area contributed by atoms with E-state index in [9.17, 15) is 10.2 Å². The lowest BCUT2D eigenvalue weighted by Crippen LogP contribution is -2.27. The third-order valence-corrected chi connectivity index (χ3v) is 3.46. The van der Waals surface area contributed by atoms with Crippen molar-refractivity contribution in [3.8, 4) is 0 Å². The fourth-order valence-corrected chi connectivity index (χ4v) is 2.28. The molecule has 1 aliphatic heterocycles. The third kappa shape index (κ3) is 3.04. The van der Waals surface area contributed by atoms with Gasteiger partial charge in [-0.25, -0.2) is 0 Å². The van der Waals surface area contributed by atoms with Crippen LogP contribution < -0.4 is 0 Å². The Kier molecular flexibility index (Phi) is 3.97. The van der Waals surface area contributed by atoms with E-state index in [4.69, 9.17) is 0 Å². The van der Waals surface area contributed by atoms with E-state index >= 15 is 0 Å². The zero-order chi connectivity index (χ0) is 11.5. The first-order chi connectivity index (χ1) is 7.65. The van der Waals surface area contributed by atoms with Crippen molar-refractivity contribution >= 4 is 15.9 Å². The molecule has 0 aromatic heterocycles. The molecule has 1 fully saturated rings. The van der Waals surface area contributed by atoms with Gasteiger partial charge in [-0.2, -0.15) is 0 Å². The van der Waals surface area contributed by atoms with Crippen molar-refractivity contribution in [1.82, 2.24) is 4.90 Å². The highest BCUT2D eigenvalue weighted by Gasteiger charge is 2.22. The fraction of sp³-hybridized carbons (Fsp3) is 0.500. The number of hydrogen-bond acceptors (Lipinski definition) is 3. The summed E-state index contributed by atoms with van der Waals surface area (Å²) in [6.07, 6.45) is 0.114. The average molecular weight is 286 g/mol. The van der Waals surface area contributed by atoms with E-state index in [-0.39, 0.29) is 6.10 Å². The van der Waals surface area contributed by atoms with E-state index in [1.807, 2.05) is 24.3 Å². The molecule has 2 unspecified atom stereocenters. The predicted octanol–water partition coefficient (Wildman–Crippen LogP) is 1.55. The lowest BCUT2D eigenvalue weighted by Gasteiger charge is -2.19. The highest BCUT2D eigenvalue weighted by Crippen LogP contribution is 2.19. The number of benzene rings is 1. The maximum atomic E-state index is 10.0. The molecule has 2 rings (SSSR count). The van der Waals surface area contributed by atoms with Crippen LogP contribution in [0.15, 0.2) is 28.7 Å². The van der Waals surface area contributed by atoms with Crippen LogP contribution in [0, 0.1) is 0 Å². The standard InChI is InChI=1S/C12H16BrNO2/c13-10-3-1-9(2-4-10)12(16)8-14-6-5-11(15)7-14/h1-4,11-12,15-16H,5-8H2. The normalized spacial score (nSPS) is 23.6. The smallest absolute Gasteiger partial charge is 0.0916 e. The Morgan fingerprint density at radius 2 is 2.06 bits per heavy atom. The SMILES string of the molecule is OC1CCN(CC(O)c2ccc(Br)cc2)C1. The number of nitrogens with zero attached hydrogens (tertiary/aromatic N) is 1. The molecule has 0 saturated carbocycles. The van der Waals surface area contributed by atoms with Gasteiger partial charge in [-0.15, -0.1) is 0 Å². The number of halogens is 1. The van der Waals surface area contributed by atoms with E-state index < -0.39 is 6.10 Å². The monoisotopic (exact) mass is 285 g/mol. The molecule has 0 aliphatic carbocycles. The summed E-state index contributed by atoms with van der Waals surface area (Å²) in [6.45, 7) is 2.14. The Hall–Kier alpha value is -0.420. The highest BCUT2D eigenvalue weighted by atomic mass is 79.9. The first-order valence-corrected chi connectivity index (χ1v) is 6.28. The number of aliphatic hydroxyl groups is 2. The molecule has 16 heavy (non-hydrogen) atoms. The third-order valence-electron chi connectivity index (χ3n) is 2.93. The van der Waals surface area contributed by atoms with Crippen LogP contribution in [0.5, 0.6) is 0 Å². The van der Waals surface area contributed by atoms with Crippen molar-refractivity contribution in [2.45, 2.75) is 18.6 Å². The molecule has 0 amide bonds. The van der Waals surface area contributed by atoms with Crippen LogP contribution in [0.4, 0.5) is 0 Å². The molecule has 0 spiro atoms. The Bertz CT molecular complexity index is 341. The molecule has 1 aliphatic rings. The summed E-state index contributed by atoms with van der Waals surface area (Å²) in [5.41, 5.74) is 0.921. The molecule has 3 nitrogen and oxygen atoms in total. The maximum Gasteiger partial charge on any atom is 0.0916 e. The summed E-state index contributed by atoms with van der Waals surface area (Å²) in [7, 11) is 0. The average Bonchev–Trinajstić information content (AvgIpc) is 2.65. The summed E-state index contributed by atoms with van der Waals surface area (Å²) >= 11 is 3.37. The molecule has 4 heteroatoms. The van der Waals surface area contributed by atoms with Crippen LogP contribution in [0.25, 0.3) is 0 Å². The van der Waals surface area contributed by atoms with Crippen molar-refractivity contribution < 1.29 is 10.2 Å². The van der Waals surface area contributed by atoms with Gasteiger partial charge in [-0.05, 0) is 24.1 Å². The Balaban J connectivity index is 1.92. The van der Waals surface area contributed by atoms with Crippen LogP contribution in [-0.4, -0.2) is 40.9 Å². The van der Waals surface area contributed by atoms with Gasteiger partial charge in [-0.3, -0.25) is 4.90 Å². The van der Waals surface area contributed by atoms with Gasteiger partial charge in [0.05, 0.1) is 12.2 Å². The minimum Gasteiger partial charge on any atom is -0.392 e. The molecule has 1 aromatic rings. The number of likely N-dealkylation sites (tertiary alicyclic amines) is 1. The zero-order valence-electron chi connectivity index (χ0n) is 9.01. The minimum atomic E-state index is -0.474. The first kappa shape index (κ1) is 12.0. The molecule has 1 saturated heterocycles. The van der Waals surface area contributed by atoms with Gasteiger partial charge in [0.2, 0.25) is 0 Å². The topological polar surface area (TPSA) is 43.7 Å². The minimum absolute atomic E-state index is 0.225. The molecule has 2 atom stereocenters. The quantitative estimate of drug-likeness (QED) is 0.886. The van der Waals surface area contributed by atoms with Crippen molar-refractivity contribution in [2.24, 2.45) is 0 Å². The van der Waals surface area contributed by atoms with Gasteiger partial charge in [0.25, 0.3) is 0 Å². The Morgan fingerprint density at radius 1 is 1.38 bits per heavy atom. The highest BCUT2D eigenvalue weighted by molar-refractivity contribution is 9.10. The van der Waals surface area contributed by atoms with Crippen LogP contribution >= 0.6 is 15.9 Å². The van der Waals surface area contributed by atoms with Gasteiger partial charge in [0.1, 0.15) is 0 Å². The molecular formula is C12H16BrNO2. The molecule has 2 N–H and O–H groups in total. The molecular weight excluding hydrogens is 270 g/mol. The van der Waals surface area contributed by atoms with Gasteiger partial charge in [-0.1, -0.05) is 28.1 Å². The first-order valence-electron chi connectivity index (χ1n) is 5.49. The van der Waals surface area contributed by atoms with E-state index in [1.54, 1.807) is 0 Å².